The van der Waals surface area contributed by atoms with Gasteiger partial charge in [-0.1, -0.05) is 58.3 Å². The minimum atomic E-state index is -0.204. The van der Waals surface area contributed by atoms with Crippen LogP contribution < -0.4 is 0 Å². The van der Waals surface area contributed by atoms with Gasteiger partial charge in [-0.15, -0.1) is 0 Å². The molecule has 0 bridgehead atoms. The molecule has 2 atom stereocenters. The Kier molecular flexibility index (Phi) is 13.1. The molecule has 1 fully saturated rings. The number of hydrogen-bond donors (Lipinski definition) is 0. The first kappa shape index (κ1) is 21.4. The predicted molar refractivity (Wildman–Crippen MR) is 93.2 cm³/mol. The molecule has 5 nitrogen and oxygen atoms in total. The van der Waals surface area contributed by atoms with Crippen molar-refractivity contribution in [3.8, 4) is 0 Å². The quantitative estimate of drug-likeness (QED) is 0.230. The van der Waals surface area contributed by atoms with Crippen LogP contribution >= 0.6 is 0 Å². The smallest absolute Gasteiger partial charge is 0.305 e. The summed E-state index contributed by atoms with van der Waals surface area (Å²) in [6.07, 6.45) is 14.9. The molecule has 1 heterocycles. The van der Waals surface area contributed by atoms with Gasteiger partial charge in [0.1, 0.15) is 0 Å². The lowest BCUT2D eigenvalue weighted by Crippen LogP contribution is -2.11. The van der Waals surface area contributed by atoms with Gasteiger partial charge in [-0.05, 0) is 19.3 Å². The first-order chi connectivity index (χ1) is 11.8. The fourth-order valence-electron chi connectivity index (χ4n) is 2.87. The maximum atomic E-state index is 11.0. The van der Waals surface area contributed by atoms with E-state index in [1.807, 2.05) is 0 Å². The van der Waals surface area contributed by atoms with Crippen molar-refractivity contribution in [2.75, 3.05) is 7.11 Å². The molecule has 142 valence electrons. The van der Waals surface area contributed by atoms with Gasteiger partial charge >= 0.3 is 5.97 Å². The molecule has 0 aromatic heterocycles. The van der Waals surface area contributed by atoms with Crippen molar-refractivity contribution in [2.45, 2.75) is 109 Å². The molecule has 5 heteroatoms. The van der Waals surface area contributed by atoms with E-state index in [9.17, 15) is 4.79 Å². The van der Waals surface area contributed by atoms with Crippen LogP contribution in [0, 0.1) is 0 Å². The van der Waals surface area contributed by atoms with Crippen molar-refractivity contribution in [1.29, 1.82) is 0 Å². The Hall–Kier alpha value is -0.650. The standard InChI is InChI=1S/C19H36O5/c1-3-4-5-6-9-12-15-18-22-19(24-23-18)16-13-10-7-8-11-14-17(20)21-2/h18-19H,3-16H2,1-2H3/t18-,19-/m0/s1. The molecule has 1 rings (SSSR count). The molecule has 0 aromatic rings. The molecule has 0 N–H and O–H groups in total. The second kappa shape index (κ2) is 14.7. The summed E-state index contributed by atoms with van der Waals surface area (Å²) in [4.78, 5) is 21.5. The van der Waals surface area contributed by atoms with Crippen LogP contribution in [0.5, 0.6) is 0 Å². The second-order valence-electron chi connectivity index (χ2n) is 6.63. The molecule has 0 aliphatic carbocycles. The van der Waals surface area contributed by atoms with E-state index >= 15 is 0 Å². The highest BCUT2D eigenvalue weighted by atomic mass is 17.3. The topological polar surface area (TPSA) is 54.0 Å². The van der Waals surface area contributed by atoms with Crippen LogP contribution in [-0.4, -0.2) is 25.7 Å². The highest BCUT2D eigenvalue weighted by Crippen LogP contribution is 2.23. The zero-order valence-corrected chi connectivity index (χ0v) is 15.6. The van der Waals surface area contributed by atoms with Gasteiger partial charge in [0.05, 0.1) is 7.11 Å². The van der Waals surface area contributed by atoms with Crippen molar-refractivity contribution in [3.05, 3.63) is 0 Å². The van der Waals surface area contributed by atoms with Crippen molar-refractivity contribution in [1.82, 2.24) is 0 Å². The van der Waals surface area contributed by atoms with E-state index in [0.717, 1.165) is 51.4 Å². The summed E-state index contributed by atoms with van der Waals surface area (Å²) in [5.41, 5.74) is 0. The lowest BCUT2D eigenvalue weighted by Gasteiger charge is -2.08. The number of rotatable bonds is 15. The zero-order chi connectivity index (χ0) is 17.5. The number of esters is 1. The van der Waals surface area contributed by atoms with Crippen molar-refractivity contribution in [3.63, 3.8) is 0 Å². The van der Waals surface area contributed by atoms with Gasteiger partial charge in [0.25, 0.3) is 0 Å². The highest BCUT2D eigenvalue weighted by Gasteiger charge is 2.26. The molecule has 0 spiro atoms. The number of hydrogen-bond acceptors (Lipinski definition) is 5. The monoisotopic (exact) mass is 344 g/mol. The number of carbonyl (C=O) groups excluding carboxylic acids is 1. The summed E-state index contributed by atoms with van der Waals surface area (Å²) in [5.74, 6) is -0.115. The average molecular weight is 344 g/mol. The van der Waals surface area contributed by atoms with Gasteiger partial charge in [0, 0.05) is 19.3 Å². The Bertz CT molecular complexity index is 308. The third-order valence-electron chi connectivity index (χ3n) is 4.42. The molecule has 24 heavy (non-hydrogen) atoms. The van der Waals surface area contributed by atoms with Crippen LogP contribution in [0.4, 0.5) is 0 Å². The van der Waals surface area contributed by atoms with E-state index < -0.39 is 0 Å². The molecular formula is C19H36O5. The maximum Gasteiger partial charge on any atom is 0.305 e. The predicted octanol–water partition coefficient (Wildman–Crippen LogP) is 5.27. The summed E-state index contributed by atoms with van der Waals surface area (Å²) < 4.78 is 10.4. The second-order valence-corrected chi connectivity index (χ2v) is 6.63. The fraction of sp³-hybridized carbons (Fsp3) is 0.947. The fourth-order valence-corrected chi connectivity index (χ4v) is 2.87. The summed E-state index contributed by atoms with van der Waals surface area (Å²) in [6.45, 7) is 2.24. The van der Waals surface area contributed by atoms with Crippen LogP contribution in [0.3, 0.4) is 0 Å². The molecular weight excluding hydrogens is 308 g/mol. The van der Waals surface area contributed by atoms with Crippen LogP contribution in [0.25, 0.3) is 0 Å². The van der Waals surface area contributed by atoms with Gasteiger partial charge in [-0.25, -0.2) is 9.78 Å². The van der Waals surface area contributed by atoms with Crippen LogP contribution in [0.15, 0.2) is 0 Å². The van der Waals surface area contributed by atoms with Gasteiger partial charge in [-0.3, -0.25) is 4.79 Å². The molecule has 1 aliphatic heterocycles. The summed E-state index contributed by atoms with van der Waals surface area (Å²) in [6, 6.07) is 0. The van der Waals surface area contributed by atoms with E-state index in [1.54, 1.807) is 0 Å². The number of methoxy groups -OCH3 is 1. The van der Waals surface area contributed by atoms with Crippen LogP contribution in [0.1, 0.15) is 96.8 Å². The maximum absolute atomic E-state index is 11.0. The Labute approximate surface area is 147 Å². The highest BCUT2D eigenvalue weighted by molar-refractivity contribution is 5.68. The van der Waals surface area contributed by atoms with E-state index in [-0.39, 0.29) is 18.5 Å². The summed E-state index contributed by atoms with van der Waals surface area (Å²) in [5, 5.41) is 0. The number of unbranched alkanes of at least 4 members (excludes halogenated alkanes) is 9. The Morgan fingerprint density at radius 2 is 1.29 bits per heavy atom. The van der Waals surface area contributed by atoms with Crippen LogP contribution in [0.2, 0.25) is 0 Å². The number of carbonyl (C=O) groups is 1. The zero-order valence-electron chi connectivity index (χ0n) is 15.6. The summed E-state index contributed by atoms with van der Waals surface area (Å²) >= 11 is 0. The van der Waals surface area contributed by atoms with Crippen molar-refractivity contribution >= 4 is 5.97 Å². The van der Waals surface area contributed by atoms with Crippen molar-refractivity contribution in [2.24, 2.45) is 0 Å². The average Bonchev–Trinajstić information content (AvgIpc) is 3.04. The van der Waals surface area contributed by atoms with Crippen LogP contribution in [-0.2, 0) is 24.0 Å². The van der Waals surface area contributed by atoms with Gasteiger partial charge in [0.15, 0.2) is 12.6 Å². The molecule has 0 radical (unpaired) electrons. The Morgan fingerprint density at radius 3 is 1.83 bits per heavy atom. The van der Waals surface area contributed by atoms with E-state index in [4.69, 9.17) is 14.5 Å². The minimum absolute atomic E-state index is 0.115. The third kappa shape index (κ3) is 11.0. The normalized spacial score (nSPS) is 20.4. The first-order valence-corrected chi connectivity index (χ1v) is 9.80. The Balaban J connectivity index is 1.87. The van der Waals surface area contributed by atoms with Gasteiger partial charge in [0.2, 0.25) is 0 Å². The lowest BCUT2D eigenvalue weighted by molar-refractivity contribution is -0.298. The molecule has 1 aliphatic rings. The molecule has 0 amide bonds. The minimum Gasteiger partial charge on any atom is -0.469 e. The van der Waals surface area contributed by atoms with E-state index in [0.29, 0.717) is 6.42 Å². The lowest BCUT2D eigenvalue weighted by atomic mass is 10.1. The number of ether oxygens (including phenoxy) is 2. The van der Waals surface area contributed by atoms with Crippen molar-refractivity contribution < 1.29 is 24.0 Å². The Morgan fingerprint density at radius 1 is 0.792 bits per heavy atom. The van der Waals surface area contributed by atoms with Gasteiger partial charge in [-0.2, -0.15) is 0 Å². The third-order valence-corrected chi connectivity index (χ3v) is 4.42. The first-order valence-electron chi connectivity index (χ1n) is 9.80. The molecule has 1 saturated heterocycles. The van der Waals surface area contributed by atoms with Gasteiger partial charge < -0.3 is 9.47 Å². The SMILES string of the molecule is CCCCCCCC[C@@H]1OO[C@@H](CCCCCCCC(=O)OC)O1. The largest absolute Gasteiger partial charge is 0.469 e. The molecule has 0 saturated carbocycles. The molecule has 0 unspecified atom stereocenters. The van der Waals surface area contributed by atoms with E-state index in [2.05, 4.69) is 11.7 Å². The van der Waals surface area contributed by atoms with E-state index in [1.165, 1.54) is 39.2 Å². The summed E-state index contributed by atoms with van der Waals surface area (Å²) in [7, 11) is 1.44. The molecule has 0 aromatic carbocycles.